The van der Waals surface area contributed by atoms with Gasteiger partial charge in [0.1, 0.15) is 0 Å². The highest BCUT2D eigenvalue weighted by Crippen LogP contribution is 2.20. The molecule has 0 aromatic heterocycles. The van der Waals surface area contributed by atoms with Gasteiger partial charge in [-0.1, -0.05) is 0 Å². The van der Waals surface area contributed by atoms with Gasteiger partial charge in [0, 0.05) is 18.6 Å². The first-order chi connectivity index (χ1) is 7.20. The van der Waals surface area contributed by atoms with Crippen molar-refractivity contribution < 1.29 is 9.90 Å². The van der Waals surface area contributed by atoms with Crippen molar-refractivity contribution in [2.75, 3.05) is 19.6 Å². The van der Waals surface area contributed by atoms with Crippen molar-refractivity contribution in [3.63, 3.8) is 0 Å². The predicted octanol–water partition coefficient (Wildman–Crippen LogP) is 0.748. The van der Waals surface area contributed by atoms with Crippen LogP contribution in [-0.2, 0) is 4.79 Å². The molecule has 1 saturated heterocycles. The Bertz CT molecular complexity index is 246. The van der Waals surface area contributed by atoms with Gasteiger partial charge in [0.25, 0.3) is 0 Å². The Balaban J connectivity index is 2.34. The van der Waals surface area contributed by atoms with E-state index in [0.29, 0.717) is 32.5 Å². The van der Waals surface area contributed by atoms with Crippen LogP contribution in [0, 0.1) is 0 Å². The number of aliphatic hydroxyl groups is 1. The number of nitrogens with zero attached hydrogens (tertiary/aromatic N) is 1. The lowest BCUT2D eigenvalue weighted by molar-refractivity contribution is -0.134. The summed E-state index contributed by atoms with van der Waals surface area (Å²) < 4.78 is 0. The second-order valence-electron chi connectivity index (χ2n) is 5.98. The minimum absolute atomic E-state index is 0.0308. The van der Waals surface area contributed by atoms with E-state index in [0.717, 1.165) is 0 Å². The topological polar surface area (TPSA) is 52.6 Å². The molecule has 1 heterocycles. The van der Waals surface area contributed by atoms with Gasteiger partial charge in [-0.3, -0.25) is 4.79 Å². The van der Waals surface area contributed by atoms with E-state index in [1.165, 1.54) is 0 Å². The Kier molecular flexibility index (Phi) is 3.97. The largest absolute Gasteiger partial charge is 0.390 e. The first-order valence-corrected chi connectivity index (χ1v) is 5.95. The van der Waals surface area contributed by atoms with Crippen LogP contribution in [0.2, 0.25) is 0 Å². The van der Waals surface area contributed by atoms with Crippen LogP contribution in [0.3, 0.4) is 0 Å². The summed E-state index contributed by atoms with van der Waals surface area (Å²) in [4.78, 5) is 13.7. The average molecular weight is 228 g/mol. The summed E-state index contributed by atoms with van der Waals surface area (Å²) in [6.07, 6.45) is 1.35. The Morgan fingerprint density at radius 3 is 2.31 bits per heavy atom. The van der Waals surface area contributed by atoms with Gasteiger partial charge < -0.3 is 15.3 Å². The molecule has 0 aromatic carbocycles. The molecule has 0 bridgehead atoms. The number of rotatable bonds is 2. The molecule has 0 unspecified atom stereocenters. The Hall–Kier alpha value is -0.610. The van der Waals surface area contributed by atoms with Crippen LogP contribution in [0.15, 0.2) is 0 Å². The zero-order valence-electron chi connectivity index (χ0n) is 10.8. The van der Waals surface area contributed by atoms with E-state index in [9.17, 15) is 9.90 Å². The lowest BCUT2D eigenvalue weighted by atomic mass is 9.94. The first-order valence-electron chi connectivity index (χ1n) is 5.95. The smallest absolute Gasteiger partial charge is 0.236 e. The van der Waals surface area contributed by atoms with Crippen LogP contribution in [0.25, 0.3) is 0 Å². The molecule has 4 heteroatoms. The summed E-state index contributed by atoms with van der Waals surface area (Å²) in [5.41, 5.74) is -0.620. The van der Waals surface area contributed by atoms with Crippen LogP contribution >= 0.6 is 0 Å². The summed E-state index contributed by atoms with van der Waals surface area (Å²) >= 11 is 0. The van der Waals surface area contributed by atoms with Gasteiger partial charge in [-0.2, -0.15) is 0 Å². The maximum atomic E-state index is 11.8. The van der Waals surface area contributed by atoms with Gasteiger partial charge >= 0.3 is 0 Å². The quantitative estimate of drug-likeness (QED) is 0.733. The number of nitrogens with one attached hydrogen (secondary N) is 1. The normalized spacial score (nSPS) is 20.9. The fourth-order valence-corrected chi connectivity index (χ4v) is 1.69. The van der Waals surface area contributed by atoms with E-state index >= 15 is 0 Å². The minimum Gasteiger partial charge on any atom is -0.390 e. The minimum atomic E-state index is -0.589. The summed E-state index contributed by atoms with van der Waals surface area (Å²) in [6, 6.07) is 0. The predicted molar refractivity (Wildman–Crippen MR) is 64.2 cm³/mol. The molecule has 1 aliphatic heterocycles. The van der Waals surface area contributed by atoms with Crippen LogP contribution in [0.1, 0.15) is 40.5 Å². The molecule has 0 atom stereocenters. The fraction of sp³-hybridized carbons (Fsp3) is 0.917. The van der Waals surface area contributed by atoms with Gasteiger partial charge in [-0.05, 0) is 40.5 Å². The fourth-order valence-electron chi connectivity index (χ4n) is 1.69. The Labute approximate surface area is 98.0 Å². The monoisotopic (exact) mass is 228 g/mol. The number of likely N-dealkylation sites (tertiary alicyclic amines) is 1. The summed E-state index contributed by atoms with van der Waals surface area (Å²) in [6.45, 7) is 9.67. The third kappa shape index (κ3) is 4.49. The molecule has 16 heavy (non-hydrogen) atoms. The van der Waals surface area contributed by atoms with Crippen LogP contribution in [-0.4, -0.2) is 46.7 Å². The molecule has 0 spiro atoms. The van der Waals surface area contributed by atoms with Crippen LogP contribution in [0.4, 0.5) is 0 Å². The zero-order chi connectivity index (χ0) is 12.4. The van der Waals surface area contributed by atoms with E-state index in [1.807, 2.05) is 32.6 Å². The van der Waals surface area contributed by atoms with Crippen molar-refractivity contribution in [3.8, 4) is 0 Å². The molecule has 0 radical (unpaired) electrons. The molecule has 1 rings (SSSR count). The Morgan fingerprint density at radius 2 is 1.88 bits per heavy atom. The molecule has 94 valence electrons. The molecular weight excluding hydrogens is 204 g/mol. The number of piperidine rings is 1. The summed E-state index contributed by atoms with van der Waals surface area (Å²) in [5.74, 6) is 0.130. The van der Waals surface area contributed by atoms with Crippen molar-refractivity contribution >= 4 is 5.91 Å². The number of amides is 1. The SMILES string of the molecule is CC1(O)CCN(C(=O)CNC(C)(C)C)CC1. The maximum absolute atomic E-state index is 11.8. The number of carbonyl (C=O) groups excluding carboxylic acids is 1. The first kappa shape index (κ1) is 13.5. The van der Waals surface area contributed by atoms with Gasteiger partial charge in [0.15, 0.2) is 0 Å². The number of carbonyl (C=O) groups is 1. The lowest BCUT2D eigenvalue weighted by Crippen LogP contribution is -2.50. The zero-order valence-corrected chi connectivity index (χ0v) is 10.8. The maximum Gasteiger partial charge on any atom is 0.236 e. The van der Waals surface area contributed by atoms with Crippen molar-refractivity contribution in [1.82, 2.24) is 10.2 Å². The highest BCUT2D eigenvalue weighted by atomic mass is 16.3. The van der Waals surface area contributed by atoms with Crippen molar-refractivity contribution in [2.24, 2.45) is 0 Å². The van der Waals surface area contributed by atoms with Crippen LogP contribution < -0.4 is 5.32 Å². The van der Waals surface area contributed by atoms with Gasteiger partial charge in [0.2, 0.25) is 5.91 Å². The van der Waals surface area contributed by atoms with E-state index in [2.05, 4.69) is 5.32 Å². The van der Waals surface area contributed by atoms with Crippen molar-refractivity contribution in [1.29, 1.82) is 0 Å². The molecule has 1 aliphatic rings. The van der Waals surface area contributed by atoms with Crippen molar-refractivity contribution in [2.45, 2.75) is 51.7 Å². The Morgan fingerprint density at radius 1 is 1.38 bits per heavy atom. The second kappa shape index (κ2) is 4.72. The standard InChI is InChI=1S/C12H24N2O2/c1-11(2,3)13-9-10(15)14-7-5-12(4,16)6-8-14/h13,16H,5-9H2,1-4H3. The summed E-state index contributed by atoms with van der Waals surface area (Å²) in [7, 11) is 0. The lowest BCUT2D eigenvalue weighted by Gasteiger charge is -2.36. The highest BCUT2D eigenvalue weighted by Gasteiger charge is 2.29. The highest BCUT2D eigenvalue weighted by molar-refractivity contribution is 5.78. The molecule has 0 aliphatic carbocycles. The summed E-state index contributed by atoms with van der Waals surface area (Å²) in [5, 5.41) is 13.0. The molecular formula is C12H24N2O2. The molecule has 0 aromatic rings. The van der Waals surface area contributed by atoms with Crippen molar-refractivity contribution in [3.05, 3.63) is 0 Å². The molecule has 1 amide bonds. The third-order valence-electron chi connectivity index (χ3n) is 2.96. The molecule has 2 N–H and O–H groups in total. The average Bonchev–Trinajstić information content (AvgIpc) is 2.13. The van der Waals surface area contributed by atoms with E-state index in [4.69, 9.17) is 0 Å². The van der Waals surface area contributed by atoms with Gasteiger partial charge in [-0.15, -0.1) is 0 Å². The van der Waals surface area contributed by atoms with E-state index < -0.39 is 5.60 Å². The third-order valence-corrected chi connectivity index (χ3v) is 2.96. The molecule has 1 fully saturated rings. The van der Waals surface area contributed by atoms with Gasteiger partial charge in [-0.25, -0.2) is 0 Å². The molecule has 0 saturated carbocycles. The number of hydrogen-bond donors (Lipinski definition) is 2. The second-order valence-corrected chi connectivity index (χ2v) is 5.98. The van der Waals surface area contributed by atoms with E-state index in [-0.39, 0.29) is 11.4 Å². The van der Waals surface area contributed by atoms with Crippen LogP contribution in [0.5, 0.6) is 0 Å². The van der Waals surface area contributed by atoms with Gasteiger partial charge in [0.05, 0.1) is 12.1 Å². The number of hydrogen-bond acceptors (Lipinski definition) is 3. The van der Waals surface area contributed by atoms with E-state index in [1.54, 1.807) is 0 Å². The molecule has 4 nitrogen and oxygen atoms in total.